The van der Waals surface area contributed by atoms with Gasteiger partial charge in [-0.1, -0.05) is 23.2 Å². The molecular formula is C6H2Cl2. The molecule has 0 nitrogen and oxygen atoms in total. The molecule has 0 saturated carbocycles. The summed E-state index contributed by atoms with van der Waals surface area (Å²) >= 11 is 10.9. The Morgan fingerprint density at radius 3 is 1.62 bits per heavy atom. The van der Waals surface area contributed by atoms with Crippen LogP contribution >= 0.6 is 23.2 Å². The maximum Gasteiger partial charge on any atom is 0.0492 e. The van der Waals surface area contributed by atoms with Crippen molar-refractivity contribution in [2.45, 2.75) is 0 Å². The number of benzene rings is 1. The molecule has 2 heteroatoms. The van der Waals surface area contributed by atoms with Crippen molar-refractivity contribution in [3.63, 3.8) is 0 Å². The fraction of sp³-hybridized carbons (Fsp3) is 0. The highest BCUT2D eigenvalue weighted by atomic mass is 35.5. The van der Waals surface area contributed by atoms with Crippen LogP contribution in [-0.4, -0.2) is 0 Å². The van der Waals surface area contributed by atoms with Crippen molar-refractivity contribution in [1.29, 1.82) is 0 Å². The summed E-state index contributed by atoms with van der Waals surface area (Å²) < 4.78 is 0. The highest BCUT2D eigenvalue weighted by Gasteiger charge is 1.85. The predicted molar refractivity (Wildman–Crippen MR) is 34.1 cm³/mol. The number of hydrogen-bond acceptors (Lipinski definition) is 0. The van der Waals surface area contributed by atoms with Crippen LogP contribution in [0.4, 0.5) is 0 Å². The van der Waals surface area contributed by atoms with Crippen LogP contribution in [-0.2, 0) is 0 Å². The zero-order valence-electron chi connectivity index (χ0n) is 3.91. The second-order valence-electron chi connectivity index (χ2n) is 1.27. The molecule has 0 aliphatic carbocycles. The third kappa shape index (κ3) is 1.39. The topological polar surface area (TPSA) is 0 Å². The fourth-order valence-corrected chi connectivity index (χ4v) is 0.566. The molecule has 0 aliphatic rings. The van der Waals surface area contributed by atoms with Gasteiger partial charge in [-0.15, -0.1) is 0 Å². The molecule has 40 valence electrons. The minimum absolute atomic E-state index is 0.536. The van der Waals surface area contributed by atoms with Crippen molar-refractivity contribution >= 4 is 23.2 Å². The highest BCUT2D eigenvalue weighted by Crippen LogP contribution is 2.10. The lowest BCUT2D eigenvalue weighted by Gasteiger charge is -1.84. The van der Waals surface area contributed by atoms with Gasteiger partial charge in [-0.25, -0.2) is 0 Å². The summed E-state index contributed by atoms with van der Waals surface area (Å²) in [6.07, 6.45) is 0. The summed E-state index contributed by atoms with van der Waals surface area (Å²) in [5, 5.41) is 1.07. The van der Waals surface area contributed by atoms with Crippen molar-refractivity contribution in [2.24, 2.45) is 0 Å². The minimum atomic E-state index is 0.536. The molecule has 1 rings (SSSR count). The second kappa shape index (κ2) is 2.38. The quantitative estimate of drug-likeness (QED) is 0.526. The summed E-state index contributed by atoms with van der Waals surface area (Å²) in [7, 11) is 0. The molecule has 8 heavy (non-hydrogen) atoms. The van der Waals surface area contributed by atoms with Crippen molar-refractivity contribution in [3.05, 3.63) is 34.3 Å². The molecule has 2 radical (unpaired) electrons. The largest absolute Gasteiger partial charge is 0.0836 e. The minimum Gasteiger partial charge on any atom is -0.0836 e. The molecule has 0 saturated heterocycles. The third-order valence-electron chi connectivity index (χ3n) is 0.674. The summed E-state index contributed by atoms with van der Waals surface area (Å²) in [5.41, 5.74) is 0. The molecule has 1 aromatic carbocycles. The van der Waals surface area contributed by atoms with E-state index in [1.165, 1.54) is 0 Å². The van der Waals surface area contributed by atoms with Gasteiger partial charge in [0.2, 0.25) is 0 Å². The first-order valence-electron chi connectivity index (χ1n) is 2.03. The van der Waals surface area contributed by atoms with E-state index >= 15 is 0 Å². The molecule has 0 heterocycles. The van der Waals surface area contributed by atoms with Gasteiger partial charge in [-0.3, -0.25) is 0 Å². The van der Waals surface area contributed by atoms with Crippen molar-refractivity contribution in [1.82, 2.24) is 0 Å². The van der Waals surface area contributed by atoms with Crippen LogP contribution in [0.15, 0.2) is 12.1 Å². The Labute approximate surface area is 58.0 Å². The molecular weight excluding hydrogens is 143 g/mol. The molecule has 0 unspecified atom stereocenters. The van der Waals surface area contributed by atoms with Crippen LogP contribution in [0.3, 0.4) is 0 Å². The molecule has 1 aromatic rings. The first-order valence-corrected chi connectivity index (χ1v) is 2.79. The van der Waals surface area contributed by atoms with Crippen LogP contribution in [0.1, 0.15) is 0 Å². The van der Waals surface area contributed by atoms with Crippen LogP contribution in [0, 0.1) is 12.1 Å². The Morgan fingerprint density at radius 1 is 1.00 bits per heavy atom. The van der Waals surface area contributed by atoms with E-state index < -0.39 is 0 Å². The van der Waals surface area contributed by atoms with Gasteiger partial charge in [0.1, 0.15) is 0 Å². The molecule has 0 amide bonds. The first kappa shape index (κ1) is 5.93. The van der Waals surface area contributed by atoms with E-state index in [0.717, 1.165) is 0 Å². The molecule has 0 fully saturated rings. The molecule has 0 bridgehead atoms. The van der Waals surface area contributed by atoms with E-state index in [-0.39, 0.29) is 0 Å². The average molecular weight is 145 g/mol. The van der Waals surface area contributed by atoms with Gasteiger partial charge >= 0.3 is 0 Å². The molecule has 0 N–H and O–H groups in total. The van der Waals surface area contributed by atoms with Gasteiger partial charge in [0.05, 0.1) is 0 Å². The van der Waals surface area contributed by atoms with Crippen molar-refractivity contribution < 1.29 is 0 Å². The first-order chi connectivity index (χ1) is 3.79. The lowest BCUT2D eigenvalue weighted by atomic mass is 10.4. The molecule has 0 spiro atoms. The maximum absolute atomic E-state index is 5.47. The van der Waals surface area contributed by atoms with Crippen LogP contribution in [0.2, 0.25) is 10.0 Å². The van der Waals surface area contributed by atoms with Gasteiger partial charge < -0.3 is 0 Å². The number of halogens is 2. The van der Waals surface area contributed by atoms with Gasteiger partial charge in [0, 0.05) is 22.2 Å². The Bertz CT molecular complexity index is 145. The second-order valence-corrected chi connectivity index (χ2v) is 2.09. The van der Waals surface area contributed by atoms with Gasteiger partial charge in [-0.2, -0.15) is 0 Å². The van der Waals surface area contributed by atoms with Gasteiger partial charge in [-0.05, 0) is 12.1 Å². The van der Waals surface area contributed by atoms with E-state index in [9.17, 15) is 0 Å². The van der Waals surface area contributed by atoms with E-state index in [4.69, 9.17) is 23.2 Å². The number of rotatable bonds is 0. The Morgan fingerprint density at radius 2 is 1.38 bits per heavy atom. The summed E-state index contributed by atoms with van der Waals surface area (Å²) in [6, 6.07) is 8.55. The lowest BCUT2D eigenvalue weighted by Crippen LogP contribution is -1.62. The average Bonchev–Trinajstić information content (AvgIpc) is 1.77. The Kier molecular flexibility index (Phi) is 1.77. The smallest absolute Gasteiger partial charge is 0.0492 e. The SMILES string of the molecule is Clc1[c]cc(Cl)[c]c1. The van der Waals surface area contributed by atoms with Gasteiger partial charge in [0.25, 0.3) is 0 Å². The van der Waals surface area contributed by atoms with E-state index in [2.05, 4.69) is 12.1 Å². The zero-order chi connectivity index (χ0) is 5.98. The van der Waals surface area contributed by atoms with Crippen molar-refractivity contribution in [3.8, 4) is 0 Å². The van der Waals surface area contributed by atoms with Crippen LogP contribution in [0.5, 0.6) is 0 Å². The summed E-state index contributed by atoms with van der Waals surface area (Å²) in [4.78, 5) is 0. The van der Waals surface area contributed by atoms with E-state index in [0.29, 0.717) is 10.0 Å². The highest BCUT2D eigenvalue weighted by molar-refractivity contribution is 6.32. The summed E-state index contributed by atoms with van der Waals surface area (Å²) in [5.74, 6) is 0. The summed E-state index contributed by atoms with van der Waals surface area (Å²) in [6.45, 7) is 0. The fourth-order valence-electron chi connectivity index (χ4n) is 0.348. The monoisotopic (exact) mass is 144 g/mol. The molecule has 0 aromatic heterocycles. The van der Waals surface area contributed by atoms with Gasteiger partial charge in [0.15, 0.2) is 0 Å². The predicted octanol–water partition coefficient (Wildman–Crippen LogP) is 2.59. The Hall–Kier alpha value is -0.200. The standard InChI is InChI=1S/C6H2Cl2/c7-5-1-2-6(8)4-3-5/h1,4H. The maximum atomic E-state index is 5.47. The van der Waals surface area contributed by atoms with Crippen LogP contribution in [0.25, 0.3) is 0 Å². The van der Waals surface area contributed by atoms with E-state index in [1.807, 2.05) is 0 Å². The van der Waals surface area contributed by atoms with Crippen molar-refractivity contribution in [2.75, 3.05) is 0 Å². The van der Waals surface area contributed by atoms with E-state index in [1.54, 1.807) is 12.1 Å². The molecule has 0 atom stereocenters. The molecule has 0 aliphatic heterocycles. The number of hydrogen-bond donors (Lipinski definition) is 0. The lowest BCUT2D eigenvalue weighted by molar-refractivity contribution is 1.67. The third-order valence-corrected chi connectivity index (χ3v) is 1.11. The Balaban J connectivity index is 3.03. The van der Waals surface area contributed by atoms with Crippen LogP contribution < -0.4 is 0 Å². The normalized spacial score (nSPS) is 9.25. The zero-order valence-corrected chi connectivity index (χ0v) is 5.42.